The van der Waals surface area contributed by atoms with Gasteiger partial charge in [-0.15, -0.1) is 0 Å². The van der Waals surface area contributed by atoms with E-state index in [0.717, 1.165) is 16.7 Å². The summed E-state index contributed by atoms with van der Waals surface area (Å²) in [6, 6.07) is 14.3. The predicted octanol–water partition coefficient (Wildman–Crippen LogP) is 3.41. The molecule has 2 N–H and O–H groups in total. The molecule has 0 bridgehead atoms. The molecule has 0 fully saturated rings. The quantitative estimate of drug-likeness (QED) is 0.604. The third kappa shape index (κ3) is 7.55. The Hall–Kier alpha value is -3.15. The van der Waals surface area contributed by atoms with Gasteiger partial charge in [0.05, 0.1) is 12.5 Å². The fourth-order valence-electron chi connectivity index (χ4n) is 3.13. The van der Waals surface area contributed by atoms with Gasteiger partial charge in [0, 0.05) is 0 Å². The zero-order chi connectivity index (χ0) is 23.0. The van der Waals surface area contributed by atoms with Crippen molar-refractivity contribution in [3.8, 4) is 0 Å². The molecule has 0 unspecified atom stereocenters. The summed E-state index contributed by atoms with van der Waals surface area (Å²) < 4.78 is 5.19. The summed E-state index contributed by atoms with van der Waals surface area (Å²) in [7, 11) is 0. The number of benzene rings is 2. The first-order valence-corrected chi connectivity index (χ1v) is 10.5. The Morgan fingerprint density at radius 3 is 2.16 bits per heavy atom. The SMILES string of the molecule is Cc1ccc([C@H](C)NC(=O)COC(=O)[C@@H](NC(=O)Cc2ccccc2)C(C)C)cc1C. The van der Waals surface area contributed by atoms with Crippen molar-refractivity contribution < 1.29 is 19.1 Å². The van der Waals surface area contributed by atoms with Crippen LogP contribution in [-0.2, 0) is 25.5 Å². The molecule has 0 aliphatic carbocycles. The lowest BCUT2D eigenvalue weighted by atomic mass is 10.0. The van der Waals surface area contributed by atoms with Gasteiger partial charge in [-0.2, -0.15) is 0 Å². The highest BCUT2D eigenvalue weighted by molar-refractivity contribution is 5.87. The average Bonchev–Trinajstić information content (AvgIpc) is 2.72. The van der Waals surface area contributed by atoms with Crippen molar-refractivity contribution in [1.82, 2.24) is 10.6 Å². The standard InChI is InChI=1S/C25H32N2O4/c1-16(2)24(27-22(28)14-20-9-7-6-8-10-20)25(30)31-15-23(29)26-19(5)21-12-11-17(3)18(4)13-21/h6-13,16,19,24H,14-15H2,1-5H3,(H,26,29)(H,27,28)/t19-,24-/m0/s1. The van der Waals surface area contributed by atoms with E-state index in [1.165, 1.54) is 5.56 Å². The zero-order valence-corrected chi connectivity index (χ0v) is 18.9. The average molecular weight is 425 g/mol. The van der Waals surface area contributed by atoms with E-state index in [1.54, 1.807) is 0 Å². The lowest BCUT2D eigenvalue weighted by Gasteiger charge is -2.21. The van der Waals surface area contributed by atoms with Crippen molar-refractivity contribution in [2.75, 3.05) is 6.61 Å². The molecule has 2 amide bonds. The van der Waals surface area contributed by atoms with E-state index in [2.05, 4.69) is 10.6 Å². The minimum absolute atomic E-state index is 0.172. The van der Waals surface area contributed by atoms with Crippen LogP contribution in [0.5, 0.6) is 0 Å². The minimum Gasteiger partial charge on any atom is -0.454 e. The summed E-state index contributed by atoms with van der Waals surface area (Å²) in [4.78, 5) is 37.1. The van der Waals surface area contributed by atoms with Crippen LogP contribution >= 0.6 is 0 Å². The van der Waals surface area contributed by atoms with Crippen LogP contribution in [-0.4, -0.2) is 30.4 Å². The van der Waals surface area contributed by atoms with E-state index in [0.29, 0.717) is 0 Å². The first-order chi connectivity index (χ1) is 14.7. The maximum absolute atomic E-state index is 12.5. The third-order valence-corrected chi connectivity index (χ3v) is 5.20. The summed E-state index contributed by atoms with van der Waals surface area (Å²) in [6.45, 7) is 9.17. The fraction of sp³-hybridized carbons (Fsp3) is 0.400. The van der Waals surface area contributed by atoms with E-state index in [9.17, 15) is 14.4 Å². The van der Waals surface area contributed by atoms with Crippen LogP contribution in [0.15, 0.2) is 48.5 Å². The van der Waals surface area contributed by atoms with Crippen molar-refractivity contribution in [2.24, 2.45) is 5.92 Å². The van der Waals surface area contributed by atoms with Gasteiger partial charge in [-0.1, -0.05) is 62.4 Å². The van der Waals surface area contributed by atoms with Crippen LogP contribution in [0.1, 0.15) is 49.1 Å². The second kappa shape index (κ2) is 11.3. The van der Waals surface area contributed by atoms with Gasteiger partial charge in [0.2, 0.25) is 5.91 Å². The number of aryl methyl sites for hydroxylation is 2. The molecule has 31 heavy (non-hydrogen) atoms. The molecule has 166 valence electrons. The summed E-state index contributed by atoms with van der Waals surface area (Å²) >= 11 is 0. The summed E-state index contributed by atoms with van der Waals surface area (Å²) in [5.74, 6) is -1.46. The van der Waals surface area contributed by atoms with E-state index < -0.39 is 24.5 Å². The largest absolute Gasteiger partial charge is 0.454 e. The zero-order valence-electron chi connectivity index (χ0n) is 18.9. The topological polar surface area (TPSA) is 84.5 Å². The minimum atomic E-state index is -0.818. The molecular weight excluding hydrogens is 392 g/mol. The predicted molar refractivity (Wildman–Crippen MR) is 120 cm³/mol. The highest BCUT2D eigenvalue weighted by atomic mass is 16.5. The Morgan fingerprint density at radius 1 is 0.871 bits per heavy atom. The van der Waals surface area contributed by atoms with Gasteiger partial charge in [-0.05, 0) is 48.9 Å². The molecule has 0 aliphatic heterocycles. The van der Waals surface area contributed by atoms with Crippen LogP contribution in [0.4, 0.5) is 0 Å². The number of esters is 1. The molecule has 0 aromatic heterocycles. The molecule has 2 atom stereocenters. The molecule has 0 saturated carbocycles. The Labute approximate surface area is 184 Å². The van der Waals surface area contributed by atoms with Crippen molar-refractivity contribution in [1.29, 1.82) is 0 Å². The normalized spacial score (nSPS) is 12.7. The van der Waals surface area contributed by atoms with Crippen LogP contribution in [0.3, 0.4) is 0 Å². The maximum atomic E-state index is 12.5. The Morgan fingerprint density at radius 2 is 1.55 bits per heavy atom. The first kappa shape index (κ1) is 24.1. The second-order valence-corrected chi connectivity index (χ2v) is 8.19. The van der Waals surface area contributed by atoms with E-state index in [-0.39, 0.29) is 24.3 Å². The third-order valence-electron chi connectivity index (χ3n) is 5.20. The van der Waals surface area contributed by atoms with Crippen molar-refractivity contribution in [2.45, 2.75) is 53.1 Å². The lowest BCUT2D eigenvalue weighted by molar-refractivity contribution is -0.152. The van der Waals surface area contributed by atoms with Crippen molar-refractivity contribution in [3.63, 3.8) is 0 Å². The molecule has 6 nitrogen and oxygen atoms in total. The van der Waals surface area contributed by atoms with Crippen LogP contribution in [0.2, 0.25) is 0 Å². The highest BCUT2D eigenvalue weighted by Gasteiger charge is 2.26. The number of carbonyl (C=O) groups is 3. The molecule has 2 rings (SSSR count). The Kier molecular flexibility index (Phi) is 8.79. The first-order valence-electron chi connectivity index (χ1n) is 10.5. The molecule has 2 aromatic rings. The van der Waals surface area contributed by atoms with Gasteiger partial charge < -0.3 is 15.4 Å². The Bertz CT molecular complexity index is 909. The molecule has 6 heteroatoms. The molecule has 2 aromatic carbocycles. The Balaban J connectivity index is 1.86. The highest BCUT2D eigenvalue weighted by Crippen LogP contribution is 2.16. The number of rotatable bonds is 9. The molecule has 0 radical (unpaired) electrons. The number of hydrogen-bond donors (Lipinski definition) is 2. The molecule has 0 spiro atoms. The van der Waals surface area contributed by atoms with E-state index in [4.69, 9.17) is 4.74 Å². The smallest absolute Gasteiger partial charge is 0.329 e. The number of carbonyl (C=O) groups excluding carboxylic acids is 3. The molecular formula is C25H32N2O4. The van der Waals surface area contributed by atoms with Gasteiger partial charge in [-0.3, -0.25) is 9.59 Å². The molecule has 0 heterocycles. The molecule has 0 aliphatic rings. The second-order valence-electron chi connectivity index (χ2n) is 8.19. The van der Waals surface area contributed by atoms with Crippen LogP contribution in [0, 0.1) is 19.8 Å². The number of hydrogen-bond acceptors (Lipinski definition) is 4. The van der Waals surface area contributed by atoms with Gasteiger partial charge in [0.25, 0.3) is 5.91 Å². The summed E-state index contributed by atoms with van der Waals surface area (Å²) in [6.07, 6.45) is 0.172. The number of amides is 2. The number of ether oxygens (including phenoxy) is 1. The van der Waals surface area contributed by atoms with E-state index in [1.807, 2.05) is 83.1 Å². The van der Waals surface area contributed by atoms with Crippen LogP contribution in [0.25, 0.3) is 0 Å². The van der Waals surface area contributed by atoms with Gasteiger partial charge in [0.1, 0.15) is 6.04 Å². The maximum Gasteiger partial charge on any atom is 0.329 e. The lowest BCUT2D eigenvalue weighted by Crippen LogP contribution is -2.46. The number of nitrogens with one attached hydrogen (secondary N) is 2. The molecule has 0 saturated heterocycles. The van der Waals surface area contributed by atoms with Gasteiger partial charge in [-0.25, -0.2) is 4.79 Å². The van der Waals surface area contributed by atoms with Crippen molar-refractivity contribution >= 4 is 17.8 Å². The summed E-state index contributed by atoms with van der Waals surface area (Å²) in [5, 5.41) is 5.56. The van der Waals surface area contributed by atoms with Gasteiger partial charge in [0.15, 0.2) is 6.61 Å². The van der Waals surface area contributed by atoms with Gasteiger partial charge >= 0.3 is 5.97 Å². The van der Waals surface area contributed by atoms with Crippen molar-refractivity contribution in [3.05, 3.63) is 70.8 Å². The van der Waals surface area contributed by atoms with Crippen LogP contribution < -0.4 is 10.6 Å². The fourth-order valence-corrected chi connectivity index (χ4v) is 3.13. The summed E-state index contributed by atoms with van der Waals surface area (Å²) in [5.41, 5.74) is 4.17. The monoisotopic (exact) mass is 424 g/mol. The van der Waals surface area contributed by atoms with E-state index >= 15 is 0 Å².